The molecule has 77 heavy (non-hydrogen) atoms. The fourth-order valence-corrected chi connectivity index (χ4v) is 5.52. The number of likely N-dealkylation sites (N-methyl/N-ethyl adjacent to an activating group) is 1. The molecule has 19 nitrogen and oxygen atoms in total. The van der Waals surface area contributed by atoms with Crippen LogP contribution in [0.4, 0.5) is 51.1 Å². The van der Waals surface area contributed by atoms with Gasteiger partial charge in [0.1, 0.15) is 34.4 Å². The van der Waals surface area contributed by atoms with Crippen molar-refractivity contribution < 1.29 is 29.0 Å². The molecular weight excluding hydrogens is 975 g/mol. The molecule has 0 aliphatic carbocycles. The Morgan fingerprint density at radius 1 is 0.688 bits per heavy atom. The number of nitrogens with zero attached hydrogens (tertiary/aromatic N) is 7. The van der Waals surface area contributed by atoms with Crippen molar-refractivity contribution in [3.63, 3.8) is 0 Å². The van der Waals surface area contributed by atoms with Crippen LogP contribution in [0.25, 0.3) is 0 Å². The molecule has 0 bridgehead atoms. The number of nitriles is 2. The zero-order valence-corrected chi connectivity index (χ0v) is 44.7. The minimum atomic E-state index is -1.08. The lowest BCUT2D eigenvalue weighted by Gasteiger charge is -2.28. The van der Waals surface area contributed by atoms with E-state index < -0.39 is 35.5 Å². The van der Waals surface area contributed by atoms with Crippen LogP contribution in [0.2, 0.25) is 0 Å². The Bertz CT molecular complexity index is 3170. The molecule has 0 aliphatic rings. The Kier molecular flexibility index (Phi) is 27.6. The highest BCUT2D eigenvalue weighted by Gasteiger charge is 2.27. The average Bonchev–Trinajstić information content (AvgIpc) is 3.41. The van der Waals surface area contributed by atoms with Crippen LogP contribution in [0.5, 0.6) is 0 Å². The lowest BCUT2D eigenvalue weighted by Crippen LogP contribution is -2.45. The average molecular weight is 1040 g/mol. The van der Waals surface area contributed by atoms with Gasteiger partial charge in [0, 0.05) is 55.3 Å². The van der Waals surface area contributed by atoms with Gasteiger partial charge >= 0.3 is 12.1 Å². The molecule has 2 aromatic heterocycles. The van der Waals surface area contributed by atoms with Gasteiger partial charge in [0.25, 0.3) is 5.91 Å². The number of carbonyl (C=O) groups excluding carboxylic acids is 3. The molecule has 3 aromatic carbocycles. The Morgan fingerprint density at radius 2 is 1.14 bits per heavy atom. The third-order valence-corrected chi connectivity index (χ3v) is 9.34. The molecule has 0 saturated carbocycles. The smallest absolute Gasteiger partial charge is 0.410 e. The number of hydrogen-bond acceptors (Lipinski definition) is 15. The predicted octanol–water partition coefficient (Wildman–Crippen LogP) is 9.65. The van der Waals surface area contributed by atoms with Crippen LogP contribution in [0.15, 0.2) is 85.2 Å². The first kappa shape index (κ1) is 62.6. The lowest BCUT2D eigenvalue weighted by atomic mass is 10.2. The number of ether oxygens (including phenoxy) is 1. The van der Waals surface area contributed by atoms with E-state index in [1.165, 1.54) is 24.3 Å². The fourth-order valence-electron chi connectivity index (χ4n) is 5.52. The molecule has 0 radical (unpaired) electrons. The topological polar surface area (TPSA) is 272 Å². The molecule has 19 heteroatoms. The number of hydrogen-bond donors (Lipinski definition) is 7. The number of terminal acetylenes is 1. The molecule has 3 amide bonds. The highest BCUT2D eigenvalue weighted by atomic mass is 16.6. The molecule has 0 fully saturated rings. The number of rotatable bonds is 16. The second-order valence-electron chi connectivity index (χ2n) is 16.5. The van der Waals surface area contributed by atoms with Crippen molar-refractivity contribution in [2.24, 2.45) is 0 Å². The SMILES string of the molecule is C#CC#CC.CC#CC#CC#CC.CCCNc1nc(Nc2ccc(C#N)cc2)ncc1C(=O)Nc1cccc(NC(=O)[C@H](C)N(C)C(=O)OC(C)(C)C)c1.CCCNc1nc(Nc2ccc(C#N)cc2)ncc1C(=O)O. The number of benzene rings is 3. The lowest BCUT2D eigenvalue weighted by molar-refractivity contribution is -0.120. The number of amides is 3. The van der Waals surface area contributed by atoms with Crippen LogP contribution in [0, 0.1) is 82.4 Å². The van der Waals surface area contributed by atoms with Crippen molar-refractivity contribution >= 4 is 70.2 Å². The Labute approximate surface area is 451 Å². The molecule has 0 unspecified atom stereocenters. The highest BCUT2D eigenvalue weighted by molar-refractivity contribution is 6.08. The first-order valence-corrected chi connectivity index (χ1v) is 23.8. The normalized spacial score (nSPS) is 9.65. The molecule has 0 saturated heterocycles. The summed E-state index contributed by atoms with van der Waals surface area (Å²) in [6, 6.07) is 23.6. The molecule has 5 rings (SSSR count). The Morgan fingerprint density at radius 3 is 1.55 bits per heavy atom. The highest BCUT2D eigenvalue weighted by Crippen LogP contribution is 2.23. The van der Waals surface area contributed by atoms with Gasteiger partial charge in [-0.15, -0.1) is 6.42 Å². The molecule has 1 atom stereocenters. The summed E-state index contributed by atoms with van der Waals surface area (Å²) < 4.78 is 5.34. The van der Waals surface area contributed by atoms with E-state index in [2.05, 4.69) is 111 Å². The van der Waals surface area contributed by atoms with E-state index in [0.29, 0.717) is 52.8 Å². The van der Waals surface area contributed by atoms with Gasteiger partial charge in [0.2, 0.25) is 17.8 Å². The number of carbonyl (C=O) groups is 4. The third-order valence-electron chi connectivity index (χ3n) is 9.34. The van der Waals surface area contributed by atoms with E-state index in [-0.39, 0.29) is 28.8 Å². The third kappa shape index (κ3) is 23.7. The number of anilines is 8. The predicted molar refractivity (Wildman–Crippen MR) is 301 cm³/mol. The van der Waals surface area contributed by atoms with Crippen molar-refractivity contribution in [1.29, 1.82) is 10.5 Å². The largest absolute Gasteiger partial charge is 0.477 e. The molecule has 0 spiro atoms. The summed E-state index contributed by atoms with van der Waals surface area (Å²) in [7, 11) is 1.49. The minimum Gasteiger partial charge on any atom is -0.477 e. The molecule has 394 valence electrons. The van der Waals surface area contributed by atoms with Gasteiger partial charge in [0.05, 0.1) is 23.3 Å². The standard InChI is InChI=1S/C30H36N8O4.C15H15N5O2.C8H6.C5H4/c1-7-15-32-25-24(18-33-28(37-25)36-21-13-11-20(17-31)12-14-21)27(40)35-23-10-8-9-22(16-23)34-26(39)19(2)38(6)29(41)42-30(3,4)5;1-2-7-17-13-12(14(21)22)9-18-15(20-13)19-11-5-3-10(8-16)4-6-11;1-3-5-7-8-6-4-2;1-3-5-4-2/h8-14,16,18-19H,7,15H2,1-6H3,(H,34,39)(H,35,40)(H2,32,33,36,37);3-6,9H,2,7H2,1H3,(H,21,22)(H2,17,18,19,20);1-2H3;1H,2H3/t19-;;;/m0.../s1. The van der Waals surface area contributed by atoms with Gasteiger partial charge in [-0.25, -0.2) is 19.6 Å². The first-order chi connectivity index (χ1) is 36.9. The summed E-state index contributed by atoms with van der Waals surface area (Å²) in [5.41, 5.74) is 2.93. The van der Waals surface area contributed by atoms with Crippen LogP contribution in [0.3, 0.4) is 0 Å². The van der Waals surface area contributed by atoms with Crippen LogP contribution < -0.4 is 31.9 Å². The number of aromatic nitrogens is 4. The van der Waals surface area contributed by atoms with Gasteiger partial charge in [0.15, 0.2) is 0 Å². The Hall–Kier alpha value is -10.5. The Balaban J connectivity index is 0.000000476. The summed E-state index contributed by atoms with van der Waals surface area (Å²) in [4.78, 5) is 67.7. The van der Waals surface area contributed by atoms with Gasteiger partial charge in [-0.05, 0) is 164 Å². The minimum absolute atomic E-state index is 0.0267. The van der Waals surface area contributed by atoms with Crippen LogP contribution in [-0.4, -0.2) is 85.6 Å². The summed E-state index contributed by atoms with van der Waals surface area (Å²) in [5, 5.41) is 44.7. The summed E-state index contributed by atoms with van der Waals surface area (Å²) in [5.74, 6) is 21.8. The quantitative estimate of drug-likeness (QED) is 0.0453. The summed E-state index contributed by atoms with van der Waals surface area (Å²) in [6.45, 7) is 17.2. The molecular formula is C58H61N13O6. The van der Waals surface area contributed by atoms with E-state index >= 15 is 0 Å². The first-order valence-electron chi connectivity index (χ1n) is 23.8. The monoisotopic (exact) mass is 1040 g/mol. The second kappa shape index (κ2) is 34.0. The van der Waals surface area contributed by atoms with Crippen molar-refractivity contribution in [2.75, 3.05) is 52.0 Å². The molecule has 7 N–H and O–H groups in total. The van der Waals surface area contributed by atoms with Crippen molar-refractivity contribution in [3.8, 4) is 71.8 Å². The molecule has 2 heterocycles. The van der Waals surface area contributed by atoms with E-state index in [4.69, 9.17) is 26.8 Å². The summed E-state index contributed by atoms with van der Waals surface area (Å²) in [6.07, 6.45) is 8.45. The van der Waals surface area contributed by atoms with Crippen molar-refractivity contribution in [3.05, 3.63) is 107 Å². The van der Waals surface area contributed by atoms with Crippen LogP contribution in [-0.2, 0) is 9.53 Å². The van der Waals surface area contributed by atoms with Gasteiger partial charge in [-0.2, -0.15) is 20.5 Å². The number of carboxylic acids is 1. The fraction of sp³-hybridized carbons (Fsp3) is 0.276. The van der Waals surface area contributed by atoms with E-state index in [9.17, 15) is 19.2 Å². The maximum absolute atomic E-state index is 13.2. The van der Waals surface area contributed by atoms with Gasteiger partial charge < -0.3 is 41.7 Å². The maximum atomic E-state index is 13.2. The van der Waals surface area contributed by atoms with E-state index in [1.807, 2.05) is 19.9 Å². The zero-order valence-electron chi connectivity index (χ0n) is 44.7. The van der Waals surface area contributed by atoms with Crippen molar-refractivity contribution in [1.82, 2.24) is 24.8 Å². The second-order valence-corrected chi connectivity index (χ2v) is 16.5. The van der Waals surface area contributed by atoms with Crippen molar-refractivity contribution in [2.45, 2.75) is 86.8 Å². The van der Waals surface area contributed by atoms with E-state index in [1.54, 1.807) is 121 Å². The van der Waals surface area contributed by atoms with Crippen LogP contribution >= 0.6 is 0 Å². The summed E-state index contributed by atoms with van der Waals surface area (Å²) >= 11 is 0. The van der Waals surface area contributed by atoms with Gasteiger partial charge in [-0.3, -0.25) is 14.5 Å². The maximum Gasteiger partial charge on any atom is 0.410 e. The molecule has 5 aromatic rings. The van der Waals surface area contributed by atoms with Crippen LogP contribution in [0.1, 0.15) is 107 Å². The number of nitrogens with one attached hydrogen (secondary N) is 6. The molecule has 0 aliphatic heterocycles. The number of aromatic carboxylic acids is 1. The van der Waals surface area contributed by atoms with E-state index in [0.717, 1.165) is 12.8 Å². The van der Waals surface area contributed by atoms with Gasteiger partial charge in [-0.1, -0.05) is 37.7 Å². The number of carboxylic acid groups (broad SMARTS) is 1. The zero-order chi connectivity index (χ0) is 57.2.